The van der Waals surface area contributed by atoms with Crippen LogP contribution in [0.2, 0.25) is 0 Å². The minimum absolute atomic E-state index is 0.895. The van der Waals surface area contributed by atoms with E-state index in [0.29, 0.717) is 0 Å². The van der Waals surface area contributed by atoms with Crippen molar-refractivity contribution in [2.75, 3.05) is 4.90 Å². The van der Waals surface area contributed by atoms with Gasteiger partial charge in [-0.3, -0.25) is 0 Å². The highest BCUT2D eigenvalue weighted by Gasteiger charge is 2.22. The number of fused-ring (bicyclic) bond motifs is 4. The van der Waals surface area contributed by atoms with E-state index < -0.39 is 0 Å². The van der Waals surface area contributed by atoms with Gasteiger partial charge in [0.1, 0.15) is 11.2 Å². The predicted molar refractivity (Wildman–Crippen MR) is 202 cm³/mol. The van der Waals surface area contributed by atoms with Gasteiger partial charge in [0.15, 0.2) is 0 Å². The van der Waals surface area contributed by atoms with Crippen molar-refractivity contribution in [3.05, 3.63) is 188 Å². The van der Waals surface area contributed by atoms with E-state index in [1.165, 1.54) is 21.9 Å². The molecule has 0 N–H and O–H groups in total. The minimum atomic E-state index is 0.895. The lowest BCUT2D eigenvalue weighted by atomic mass is 9.96. The van der Waals surface area contributed by atoms with Crippen LogP contribution in [0.4, 0.5) is 17.1 Å². The maximum atomic E-state index is 6.57. The Morgan fingerprint density at radius 1 is 0.354 bits per heavy atom. The number of hydrogen-bond acceptors (Lipinski definition) is 2. The molecular formula is C46H31NO. The van der Waals surface area contributed by atoms with Gasteiger partial charge in [-0.05, 0) is 63.9 Å². The fourth-order valence-corrected chi connectivity index (χ4v) is 6.99. The lowest BCUT2D eigenvalue weighted by Gasteiger charge is -2.30. The van der Waals surface area contributed by atoms with Crippen LogP contribution >= 0.6 is 0 Å². The van der Waals surface area contributed by atoms with Gasteiger partial charge in [0, 0.05) is 33.2 Å². The normalized spacial score (nSPS) is 11.3. The third kappa shape index (κ3) is 4.83. The van der Waals surface area contributed by atoms with Crippen molar-refractivity contribution < 1.29 is 4.42 Å². The molecule has 0 spiro atoms. The van der Waals surface area contributed by atoms with Crippen LogP contribution in [0, 0.1) is 0 Å². The van der Waals surface area contributed by atoms with E-state index >= 15 is 0 Å². The quantitative estimate of drug-likeness (QED) is 0.185. The third-order valence-electron chi connectivity index (χ3n) is 9.26. The molecule has 2 nitrogen and oxygen atoms in total. The van der Waals surface area contributed by atoms with E-state index in [-0.39, 0.29) is 0 Å². The van der Waals surface area contributed by atoms with E-state index in [4.69, 9.17) is 4.42 Å². The lowest BCUT2D eigenvalue weighted by molar-refractivity contribution is 0.670. The second-order valence-corrected chi connectivity index (χ2v) is 12.1. The van der Waals surface area contributed by atoms with Crippen molar-refractivity contribution in [2.24, 2.45) is 0 Å². The topological polar surface area (TPSA) is 16.4 Å². The van der Waals surface area contributed by atoms with Gasteiger partial charge in [-0.2, -0.15) is 0 Å². The molecule has 226 valence electrons. The van der Waals surface area contributed by atoms with E-state index in [0.717, 1.165) is 61.3 Å². The second kappa shape index (κ2) is 11.8. The minimum Gasteiger partial charge on any atom is -0.455 e. The summed E-state index contributed by atoms with van der Waals surface area (Å²) in [7, 11) is 0. The molecule has 0 fully saturated rings. The summed E-state index contributed by atoms with van der Waals surface area (Å²) in [4.78, 5) is 2.41. The van der Waals surface area contributed by atoms with Crippen LogP contribution in [-0.2, 0) is 0 Å². The average molecular weight is 614 g/mol. The second-order valence-electron chi connectivity index (χ2n) is 12.1. The molecular weight excluding hydrogens is 583 g/mol. The summed E-state index contributed by atoms with van der Waals surface area (Å²) >= 11 is 0. The number of furan rings is 1. The van der Waals surface area contributed by atoms with Crippen LogP contribution < -0.4 is 4.90 Å². The molecule has 9 rings (SSSR count). The lowest BCUT2D eigenvalue weighted by Crippen LogP contribution is -2.12. The predicted octanol–water partition coefficient (Wildman–Crippen LogP) is 13.2. The van der Waals surface area contributed by atoms with Gasteiger partial charge in [-0.15, -0.1) is 0 Å². The molecule has 0 aliphatic carbocycles. The Labute approximate surface area is 279 Å². The van der Waals surface area contributed by atoms with Crippen molar-refractivity contribution in [2.45, 2.75) is 0 Å². The Hall–Kier alpha value is -6.38. The number of nitrogens with zero attached hydrogens (tertiary/aromatic N) is 1. The summed E-state index contributed by atoms with van der Waals surface area (Å²) in [5.41, 5.74) is 11.9. The van der Waals surface area contributed by atoms with Crippen molar-refractivity contribution in [1.29, 1.82) is 0 Å². The highest BCUT2D eigenvalue weighted by Crippen LogP contribution is 2.47. The van der Waals surface area contributed by atoms with Crippen LogP contribution in [0.15, 0.2) is 192 Å². The van der Waals surface area contributed by atoms with E-state index in [9.17, 15) is 0 Å². The Morgan fingerprint density at radius 2 is 0.958 bits per heavy atom. The maximum absolute atomic E-state index is 6.57. The first-order chi connectivity index (χ1) is 23.8. The summed E-state index contributed by atoms with van der Waals surface area (Å²) in [5, 5.41) is 4.72. The first-order valence-corrected chi connectivity index (χ1v) is 16.4. The highest BCUT2D eigenvalue weighted by molar-refractivity contribution is 6.11. The molecule has 0 bridgehead atoms. The number of anilines is 3. The standard InChI is InChI=1S/C46H31NO/c1-2-15-33(16-3-1)38-20-6-9-25-43(38)47(37-19-12-18-35(31-37)36-29-28-32-14-4-5-17-34(32)30-36)44-26-10-7-21-39(44)41-23-13-24-42-40-22-8-11-27-45(40)48-46(41)42/h1-31H. The molecule has 0 atom stereocenters. The highest BCUT2D eigenvalue weighted by atomic mass is 16.3. The largest absolute Gasteiger partial charge is 0.455 e. The van der Waals surface area contributed by atoms with Gasteiger partial charge < -0.3 is 9.32 Å². The van der Waals surface area contributed by atoms with Gasteiger partial charge in [-0.25, -0.2) is 0 Å². The smallest absolute Gasteiger partial charge is 0.143 e. The Kier molecular flexibility index (Phi) is 6.84. The fourth-order valence-electron chi connectivity index (χ4n) is 6.99. The SMILES string of the molecule is c1ccc(-c2ccccc2N(c2cccc(-c3ccc4ccccc4c3)c2)c2ccccc2-c2cccc3c2oc2ccccc23)cc1. The molecule has 0 unspecified atom stereocenters. The summed E-state index contributed by atoms with van der Waals surface area (Å²) in [6, 6.07) is 66.9. The fraction of sp³-hybridized carbons (Fsp3) is 0. The molecule has 1 aromatic heterocycles. The Morgan fingerprint density at radius 3 is 1.83 bits per heavy atom. The Balaban J connectivity index is 1.29. The molecule has 9 aromatic rings. The van der Waals surface area contributed by atoms with Gasteiger partial charge >= 0.3 is 0 Å². The van der Waals surface area contributed by atoms with Crippen molar-refractivity contribution in [3.8, 4) is 33.4 Å². The van der Waals surface area contributed by atoms with Gasteiger partial charge in [0.2, 0.25) is 0 Å². The molecule has 0 saturated heterocycles. The molecule has 0 aliphatic rings. The molecule has 48 heavy (non-hydrogen) atoms. The Bertz CT molecular complexity index is 2580. The van der Waals surface area contributed by atoms with Crippen LogP contribution in [0.1, 0.15) is 0 Å². The summed E-state index contributed by atoms with van der Waals surface area (Å²) in [5.74, 6) is 0. The molecule has 2 heteroatoms. The maximum Gasteiger partial charge on any atom is 0.143 e. The number of benzene rings is 8. The van der Waals surface area contributed by atoms with Crippen LogP contribution in [0.25, 0.3) is 66.1 Å². The number of rotatable bonds is 6. The van der Waals surface area contributed by atoms with Crippen LogP contribution in [0.3, 0.4) is 0 Å². The summed E-state index contributed by atoms with van der Waals surface area (Å²) in [6.07, 6.45) is 0. The number of para-hydroxylation sites is 4. The molecule has 0 radical (unpaired) electrons. The van der Waals surface area contributed by atoms with Gasteiger partial charge in [0.25, 0.3) is 0 Å². The van der Waals surface area contributed by atoms with E-state index in [2.05, 4.69) is 181 Å². The molecule has 0 aliphatic heterocycles. The zero-order valence-electron chi connectivity index (χ0n) is 26.3. The molecule has 0 amide bonds. The van der Waals surface area contributed by atoms with E-state index in [1.54, 1.807) is 0 Å². The van der Waals surface area contributed by atoms with Crippen molar-refractivity contribution in [1.82, 2.24) is 0 Å². The summed E-state index contributed by atoms with van der Waals surface area (Å²) in [6.45, 7) is 0. The average Bonchev–Trinajstić information content (AvgIpc) is 3.55. The monoisotopic (exact) mass is 613 g/mol. The third-order valence-corrected chi connectivity index (χ3v) is 9.26. The molecule has 8 aromatic carbocycles. The van der Waals surface area contributed by atoms with Gasteiger partial charge in [0.05, 0.1) is 11.4 Å². The first kappa shape index (κ1) is 27.9. The molecule has 1 heterocycles. The molecule has 0 saturated carbocycles. The first-order valence-electron chi connectivity index (χ1n) is 16.4. The van der Waals surface area contributed by atoms with Gasteiger partial charge in [-0.1, -0.05) is 152 Å². The zero-order valence-corrected chi connectivity index (χ0v) is 26.3. The zero-order chi connectivity index (χ0) is 31.9. The van der Waals surface area contributed by atoms with Crippen molar-refractivity contribution in [3.63, 3.8) is 0 Å². The summed E-state index contributed by atoms with van der Waals surface area (Å²) < 4.78 is 6.57. The number of hydrogen-bond donors (Lipinski definition) is 0. The van der Waals surface area contributed by atoms with E-state index in [1.807, 2.05) is 12.1 Å². The van der Waals surface area contributed by atoms with Crippen LogP contribution in [0.5, 0.6) is 0 Å². The van der Waals surface area contributed by atoms with Crippen molar-refractivity contribution >= 4 is 49.8 Å². The van der Waals surface area contributed by atoms with Crippen LogP contribution in [-0.4, -0.2) is 0 Å².